The molecule has 174 valence electrons. The Bertz CT molecular complexity index is 1300. The van der Waals surface area contributed by atoms with E-state index in [-0.39, 0.29) is 17.2 Å². The summed E-state index contributed by atoms with van der Waals surface area (Å²) in [6.07, 6.45) is 0. The van der Waals surface area contributed by atoms with Crippen LogP contribution in [0.4, 0.5) is 17.1 Å². The van der Waals surface area contributed by atoms with E-state index in [4.69, 9.17) is 4.74 Å². The van der Waals surface area contributed by atoms with Crippen molar-refractivity contribution < 1.29 is 20.1 Å². The standard InChI is InChI=1S/C29H29NO4/c1-17-6-8-19(3)28(32)26(17)30(27-18(2)7-9-20(4)29(27)33)22-10-12-23(13-11-22)34-24-14-15-25(31)21(5)16-24/h6-16,31-33H,1-5H3. The molecular weight excluding hydrogens is 426 g/mol. The van der Waals surface area contributed by atoms with Gasteiger partial charge < -0.3 is 25.0 Å². The first-order valence-electron chi connectivity index (χ1n) is 11.1. The van der Waals surface area contributed by atoms with Gasteiger partial charge in [0, 0.05) is 5.69 Å². The predicted molar refractivity (Wildman–Crippen MR) is 136 cm³/mol. The lowest BCUT2D eigenvalue weighted by molar-refractivity contribution is 0.460. The number of phenolic OH excluding ortho intramolecular Hbond substituents is 3. The number of nitrogens with zero attached hydrogens (tertiary/aromatic N) is 1. The van der Waals surface area contributed by atoms with E-state index < -0.39 is 0 Å². The van der Waals surface area contributed by atoms with Gasteiger partial charge in [-0.15, -0.1) is 0 Å². The summed E-state index contributed by atoms with van der Waals surface area (Å²) >= 11 is 0. The van der Waals surface area contributed by atoms with Gasteiger partial charge in [0.15, 0.2) is 0 Å². The first-order chi connectivity index (χ1) is 16.2. The smallest absolute Gasteiger partial charge is 0.142 e. The van der Waals surface area contributed by atoms with Crippen LogP contribution in [-0.4, -0.2) is 15.3 Å². The van der Waals surface area contributed by atoms with Crippen molar-refractivity contribution in [2.75, 3.05) is 4.90 Å². The van der Waals surface area contributed by atoms with E-state index >= 15 is 0 Å². The van der Waals surface area contributed by atoms with Crippen LogP contribution in [0.2, 0.25) is 0 Å². The summed E-state index contributed by atoms with van der Waals surface area (Å²) in [7, 11) is 0. The molecular formula is C29H29NO4. The molecule has 4 aromatic rings. The molecule has 5 heteroatoms. The predicted octanol–water partition coefficient (Wildman–Crippen LogP) is 7.61. The van der Waals surface area contributed by atoms with Crippen LogP contribution in [0.5, 0.6) is 28.7 Å². The summed E-state index contributed by atoms with van der Waals surface area (Å²) in [5.74, 6) is 1.81. The van der Waals surface area contributed by atoms with Crippen LogP contribution in [0, 0.1) is 34.6 Å². The number of hydrogen-bond donors (Lipinski definition) is 3. The van der Waals surface area contributed by atoms with Crippen LogP contribution in [0.3, 0.4) is 0 Å². The largest absolute Gasteiger partial charge is 0.508 e. The number of hydrogen-bond acceptors (Lipinski definition) is 5. The molecule has 0 aliphatic rings. The van der Waals surface area contributed by atoms with Crippen molar-refractivity contribution in [3.63, 3.8) is 0 Å². The molecule has 0 aliphatic heterocycles. The van der Waals surface area contributed by atoms with Crippen LogP contribution in [-0.2, 0) is 0 Å². The fourth-order valence-corrected chi connectivity index (χ4v) is 3.99. The quantitative estimate of drug-likeness (QED) is 0.289. The third kappa shape index (κ3) is 4.25. The zero-order valence-electron chi connectivity index (χ0n) is 20.0. The molecule has 34 heavy (non-hydrogen) atoms. The van der Waals surface area contributed by atoms with Gasteiger partial charge in [0.05, 0.1) is 11.4 Å². The molecule has 5 nitrogen and oxygen atoms in total. The zero-order valence-corrected chi connectivity index (χ0v) is 20.0. The highest BCUT2D eigenvalue weighted by Gasteiger charge is 2.24. The molecule has 0 atom stereocenters. The minimum Gasteiger partial charge on any atom is -0.508 e. The van der Waals surface area contributed by atoms with Crippen molar-refractivity contribution >= 4 is 17.1 Å². The number of anilines is 3. The first-order valence-corrected chi connectivity index (χ1v) is 11.1. The van der Waals surface area contributed by atoms with Crippen molar-refractivity contribution in [2.45, 2.75) is 34.6 Å². The second-order valence-electron chi connectivity index (χ2n) is 8.67. The second kappa shape index (κ2) is 9.02. The number of rotatable bonds is 5. The van der Waals surface area contributed by atoms with E-state index in [1.165, 1.54) is 0 Å². The van der Waals surface area contributed by atoms with Crippen molar-refractivity contribution in [3.05, 3.63) is 94.5 Å². The van der Waals surface area contributed by atoms with Gasteiger partial charge in [0.25, 0.3) is 0 Å². The third-order valence-electron chi connectivity index (χ3n) is 6.06. The monoisotopic (exact) mass is 455 g/mol. The molecule has 0 heterocycles. The van der Waals surface area contributed by atoms with Crippen molar-refractivity contribution in [3.8, 4) is 28.7 Å². The summed E-state index contributed by atoms with van der Waals surface area (Å²) in [4.78, 5) is 1.89. The van der Waals surface area contributed by atoms with Gasteiger partial charge in [0.1, 0.15) is 28.7 Å². The Balaban J connectivity index is 1.83. The summed E-state index contributed by atoms with van der Waals surface area (Å²) in [5, 5.41) is 31.9. The Morgan fingerprint density at radius 3 is 1.50 bits per heavy atom. The van der Waals surface area contributed by atoms with E-state index in [9.17, 15) is 15.3 Å². The van der Waals surface area contributed by atoms with Crippen LogP contribution in [0.1, 0.15) is 27.8 Å². The highest BCUT2D eigenvalue weighted by atomic mass is 16.5. The molecule has 4 aromatic carbocycles. The van der Waals surface area contributed by atoms with E-state index in [1.54, 1.807) is 18.2 Å². The molecule has 0 saturated heterocycles. The van der Waals surface area contributed by atoms with E-state index in [0.29, 0.717) is 22.9 Å². The fourth-order valence-electron chi connectivity index (χ4n) is 3.99. The van der Waals surface area contributed by atoms with Gasteiger partial charge in [-0.2, -0.15) is 0 Å². The molecule has 0 aromatic heterocycles. The third-order valence-corrected chi connectivity index (χ3v) is 6.06. The molecule has 4 rings (SSSR count). The Morgan fingerprint density at radius 2 is 1.00 bits per heavy atom. The average molecular weight is 456 g/mol. The second-order valence-corrected chi connectivity index (χ2v) is 8.67. The summed E-state index contributed by atoms with van der Waals surface area (Å²) in [6, 6.07) is 20.3. The zero-order chi connectivity index (χ0) is 24.6. The maximum absolute atomic E-state index is 11.1. The minimum atomic E-state index is 0.167. The topological polar surface area (TPSA) is 73.2 Å². The Kier molecular flexibility index (Phi) is 6.12. The van der Waals surface area contributed by atoms with Gasteiger partial charge in [-0.1, -0.05) is 24.3 Å². The number of ether oxygens (including phenoxy) is 1. The lowest BCUT2D eigenvalue weighted by atomic mass is 10.0. The lowest BCUT2D eigenvalue weighted by Gasteiger charge is -2.30. The highest BCUT2D eigenvalue weighted by Crippen LogP contribution is 2.48. The highest BCUT2D eigenvalue weighted by molar-refractivity contribution is 5.87. The van der Waals surface area contributed by atoms with E-state index in [1.807, 2.05) is 88.0 Å². The van der Waals surface area contributed by atoms with Gasteiger partial charge in [-0.25, -0.2) is 0 Å². The van der Waals surface area contributed by atoms with Gasteiger partial charge in [-0.05, 0) is 105 Å². The van der Waals surface area contributed by atoms with Gasteiger partial charge >= 0.3 is 0 Å². The summed E-state index contributed by atoms with van der Waals surface area (Å²) in [6.45, 7) is 9.41. The normalized spacial score (nSPS) is 10.9. The first kappa shape index (κ1) is 23.1. The van der Waals surface area contributed by atoms with Gasteiger partial charge in [-0.3, -0.25) is 0 Å². The maximum Gasteiger partial charge on any atom is 0.142 e. The van der Waals surface area contributed by atoms with E-state index in [2.05, 4.69) is 0 Å². The number of aromatic hydroxyl groups is 3. The Morgan fingerprint density at radius 1 is 0.529 bits per heavy atom. The molecule has 0 aliphatic carbocycles. The van der Waals surface area contributed by atoms with Crippen LogP contribution in [0.15, 0.2) is 66.7 Å². The lowest BCUT2D eigenvalue weighted by Crippen LogP contribution is -2.14. The Hall–Kier alpha value is -4.12. The van der Waals surface area contributed by atoms with Crippen LogP contribution >= 0.6 is 0 Å². The van der Waals surface area contributed by atoms with Crippen LogP contribution < -0.4 is 9.64 Å². The molecule has 0 amide bonds. The summed E-state index contributed by atoms with van der Waals surface area (Å²) in [5.41, 5.74) is 5.99. The number of benzene rings is 4. The van der Waals surface area contributed by atoms with Crippen LogP contribution in [0.25, 0.3) is 0 Å². The van der Waals surface area contributed by atoms with Gasteiger partial charge in [0.2, 0.25) is 0 Å². The van der Waals surface area contributed by atoms with Crippen molar-refractivity contribution in [2.24, 2.45) is 0 Å². The fraction of sp³-hybridized carbons (Fsp3) is 0.172. The molecule has 0 spiro atoms. The molecule has 0 radical (unpaired) electrons. The SMILES string of the molecule is Cc1cc(Oc2ccc(N(c3c(C)ccc(C)c3O)c3c(C)ccc(C)c3O)cc2)ccc1O. The Labute approximate surface area is 200 Å². The number of aryl methyl sites for hydroxylation is 5. The summed E-state index contributed by atoms with van der Waals surface area (Å²) < 4.78 is 5.97. The minimum absolute atomic E-state index is 0.167. The molecule has 0 fully saturated rings. The van der Waals surface area contributed by atoms with E-state index in [0.717, 1.165) is 33.5 Å². The average Bonchev–Trinajstić information content (AvgIpc) is 2.81. The molecule has 3 N–H and O–H groups in total. The molecule has 0 bridgehead atoms. The van der Waals surface area contributed by atoms with Crippen molar-refractivity contribution in [1.29, 1.82) is 0 Å². The maximum atomic E-state index is 11.1. The number of phenols is 3. The molecule has 0 saturated carbocycles. The van der Waals surface area contributed by atoms with Crippen molar-refractivity contribution in [1.82, 2.24) is 0 Å². The molecule has 0 unspecified atom stereocenters.